The molecule has 0 spiro atoms. The van der Waals surface area contributed by atoms with Crippen molar-refractivity contribution in [3.63, 3.8) is 0 Å². The molecule has 0 radical (unpaired) electrons. The van der Waals surface area contributed by atoms with Gasteiger partial charge in [0.1, 0.15) is 18.9 Å². The Morgan fingerprint density at radius 1 is 1.17 bits per heavy atom. The van der Waals surface area contributed by atoms with Gasteiger partial charge < -0.3 is 14.8 Å². The molecule has 1 atom stereocenters. The van der Waals surface area contributed by atoms with E-state index in [1.165, 1.54) is 5.56 Å². The van der Waals surface area contributed by atoms with Gasteiger partial charge in [-0.3, -0.25) is 0 Å². The highest BCUT2D eigenvalue weighted by molar-refractivity contribution is 5.35. The van der Waals surface area contributed by atoms with E-state index in [0.29, 0.717) is 5.92 Å². The number of hydrogen-bond acceptors (Lipinski definition) is 2. The van der Waals surface area contributed by atoms with E-state index in [1.54, 1.807) is 7.11 Å². The lowest BCUT2D eigenvalue weighted by atomic mass is 9.98. The van der Waals surface area contributed by atoms with Crippen LogP contribution in [0.5, 0.6) is 5.75 Å². The van der Waals surface area contributed by atoms with Crippen molar-refractivity contribution >= 4 is 0 Å². The zero-order chi connectivity index (χ0) is 13.2. The fourth-order valence-electron chi connectivity index (χ4n) is 1.84. The van der Waals surface area contributed by atoms with Crippen LogP contribution in [0.3, 0.4) is 0 Å². The molecule has 0 saturated heterocycles. The first-order chi connectivity index (χ1) is 8.79. The summed E-state index contributed by atoms with van der Waals surface area (Å²) in [6.07, 6.45) is 1.14. The highest BCUT2D eigenvalue weighted by Crippen LogP contribution is 2.28. The summed E-state index contributed by atoms with van der Waals surface area (Å²) < 4.78 is 10.9. The average Bonchev–Trinajstić information content (AvgIpc) is 2.42. The van der Waals surface area contributed by atoms with Crippen LogP contribution in [0.2, 0.25) is 0 Å². The van der Waals surface area contributed by atoms with Gasteiger partial charge in [-0.05, 0) is 24.0 Å². The number of nitrogens with two attached hydrogens (primary N) is 1. The Morgan fingerprint density at radius 3 is 2.61 bits per heavy atom. The molecule has 102 valence electrons. The third kappa shape index (κ3) is 5.07. The zero-order valence-electron chi connectivity index (χ0n) is 11.8. The van der Waals surface area contributed by atoms with Crippen LogP contribution in [-0.2, 0) is 4.74 Å². The second-order valence-corrected chi connectivity index (χ2v) is 4.55. The summed E-state index contributed by atoms with van der Waals surface area (Å²) >= 11 is 0. The van der Waals surface area contributed by atoms with E-state index in [4.69, 9.17) is 9.47 Å². The first-order valence-electron chi connectivity index (χ1n) is 6.81. The number of benzene rings is 1. The van der Waals surface area contributed by atoms with Crippen LogP contribution in [0.1, 0.15) is 31.7 Å². The van der Waals surface area contributed by atoms with Gasteiger partial charge in [0.15, 0.2) is 0 Å². The summed E-state index contributed by atoms with van der Waals surface area (Å²) in [6, 6.07) is 8.35. The molecule has 0 aliphatic carbocycles. The number of methoxy groups -OCH3 is 1. The summed E-state index contributed by atoms with van der Waals surface area (Å²) in [5.41, 5.74) is 1.32. The van der Waals surface area contributed by atoms with Gasteiger partial charge >= 0.3 is 0 Å². The lowest BCUT2D eigenvalue weighted by Crippen LogP contribution is -2.86. The minimum Gasteiger partial charge on any atom is -0.487 e. The summed E-state index contributed by atoms with van der Waals surface area (Å²) in [7, 11) is 1.73. The molecular formula is C15H26NO2+. The number of quaternary nitrogens is 1. The standard InChI is InChI=1S/C15H25NO2/c1-4-13(2)14-7-5-6-8-15(14)18-12-10-16-9-11-17-3/h5-8,13,16H,4,9-12H2,1-3H3/p+1/t13-/m1/s1. The second kappa shape index (κ2) is 8.95. The van der Waals surface area contributed by atoms with Crippen LogP contribution in [0.25, 0.3) is 0 Å². The summed E-state index contributed by atoms with van der Waals surface area (Å²) in [5.74, 6) is 1.59. The fourth-order valence-corrected chi connectivity index (χ4v) is 1.84. The number of rotatable bonds is 9. The summed E-state index contributed by atoms with van der Waals surface area (Å²) in [5, 5.41) is 2.22. The van der Waals surface area contributed by atoms with Crippen molar-refractivity contribution in [3.05, 3.63) is 29.8 Å². The largest absolute Gasteiger partial charge is 0.487 e. The third-order valence-corrected chi connectivity index (χ3v) is 3.17. The maximum atomic E-state index is 5.87. The van der Waals surface area contributed by atoms with E-state index in [2.05, 4.69) is 37.4 Å². The monoisotopic (exact) mass is 252 g/mol. The molecule has 1 rings (SSSR count). The van der Waals surface area contributed by atoms with Crippen LogP contribution in [0, 0.1) is 0 Å². The number of para-hydroxylation sites is 1. The van der Waals surface area contributed by atoms with Gasteiger partial charge in [-0.15, -0.1) is 0 Å². The Morgan fingerprint density at radius 2 is 1.89 bits per heavy atom. The minimum atomic E-state index is 0.554. The van der Waals surface area contributed by atoms with Gasteiger partial charge in [-0.1, -0.05) is 32.0 Å². The van der Waals surface area contributed by atoms with Crippen molar-refractivity contribution < 1.29 is 14.8 Å². The molecule has 1 aromatic carbocycles. The van der Waals surface area contributed by atoms with Crippen molar-refractivity contribution in [3.8, 4) is 5.75 Å². The Labute approximate surface area is 110 Å². The predicted octanol–water partition coefficient (Wildman–Crippen LogP) is 1.79. The zero-order valence-corrected chi connectivity index (χ0v) is 11.8. The fraction of sp³-hybridized carbons (Fsp3) is 0.600. The molecule has 3 heteroatoms. The maximum Gasteiger partial charge on any atom is 0.137 e. The quantitative estimate of drug-likeness (QED) is 0.680. The van der Waals surface area contributed by atoms with Gasteiger partial charge in [0.25, 0.3) is 0 Å². The Bertz CT molecular complexity index is 328. The van der Waals surface area contributed by atoms with E-state index in [1.807, 2.05) is 6.07 Å². The molecule has 3 nitrogen and oxygen atoms in total. The SMILES string of the molecule is CC[C@@H](C)c1ccccc1OCC[NH2+]CCOC. The Kier molecular flexibility index (Phi) is 7.46. The molecule has 2 N–H and O–H groups in total. The molecule has 0 fully saturated rings. The van der Waals surface area contributed by atoms with Crippen molar-refractivity contribution in [1.29, 1.82) is 0 Å². The molecular weight excluding hydrogens is 226 g/mol. The molecule has 0 bridgehead atoms. The van der Waals surface area contributed by atoms with Crippen LogP contribution < -0.4 is 10.1 Å². The van der Waals surface area contributed by atoms with Gasteiger partial charge in [0, 0.05) is 7.11 Å². The Balaban J connectivity index is 2.37. The topological polar surface area (TPSA) is 35.1 Å². The maximum absolute atomic E-state index is 5.87. The lowest BCUT2D eigenvalue weighted by molar-refractivity contribution is -0.656. The van der Waals surface area contributed by atoms with E-state index < -0.39 is 0 Å². The molecule has 18 heavy (non-hydrogen) atoms. The van der Waals surface area contributed by atoms with E-state index in [0.717, 1.165) is 38.5 Å². The van der Waals surface area contributed by atoms with Gasteiger partial charge in [0.2, 0.25) is 0 Å². The molecule has 0 saturated carbocycles. The van der Waals surface area contributed by atoms with Crippen molar-refractivity contribution in [1.82, 2.24) is 0 Å². The van der Waals surface area contributed by atoms with Crippen LogP contribution in [-0.4, -0.2) is 33.4 Å². The van der Waals surface area contributed by atoms with Crippen molar-refractivity contribution in [2.45, 2.75) is 26.2 Å². The average molecular weight is 252 g/mol. The van der Waals surface area contributed by atoms with Crippen LogP contribution >= 0.6 is 0 Å². The first kappa shape index (κ1) is 15.0. The molecule has 0 unspecified atom stereocenters. The Hall–Kier alpha value is -1.06. The highest BCUT2D eigenvalue weighted by Gasteiger charge is 2.09. The predicted molar refractivity (Wildman–Crippen MR) is 74.2 cm³/mol. The van der Waals surface area contributed by atoms with Crippen LogP contribution in [0.4, 0.5) is 0 Å². The van der Waals surface area contributed by atoms with Gasteiger partial charge in [-0.2, -0.15) is 0 Å². The van der Waals surface area contributed by atoms with E-state index >= 15 is 0 Å². The minimum absolute atomic E-state index is 0.554. The molecule has 0 aliphatic heterocycles. The van der Waals surface area contributed by atoms with Gasteiger partial charge in [0.05, 0.1) is 13.2 Å². The first-order valence-corrected chi connectivity index (χ1v) is 6.81. The molecule has 1 aromatic rings. The summed E-state index contributed by atoms with van der Waals surface area (Å²) in [6.45, 7) is 7.96. The molecule has 0 aliphatic rings. The van der Waals surface area contributed by atoms with Crippen molar-refractivity contribution in [2.75, 3.05) is 33.4 Å². The molecule has 0 heterocycles. The number of ether oxygens (including phenoxy) is 2. The summed E-state index contributed by atoms with van der Waals surface area (Å²) in [4.78, 5) is 0. The van der Waals surface area contributed by atoms with E-state index in [-0.39, 0.29) is 0 Å². The normalized spacial score (nSPS) is 12.4. The molecule has 0 aromatic heterocycles. The lowest BCUT2D eigenvalue weighted by Gasteiger charge is -2.15. The van der Waals surface area contributed by atoms with E-state index in [9.17, 15) is 0 Å². The van der Waals surface area contributed by atoms with Gasteiger partial charge in [-0.25, -0.2) is 0 Å². The van der Waals surface area contributed by atoms with Crippen molar-refractivity contribution in [2.24, 2.45) is 0 Å². The second-order valence-electron chi connectivity index (χ2n) is 4.55. The van der Waals surface area contributed by atoms with Crippen LogP contribution in [0.15, 0.2) is 24.3 Å². The smallest absolute Gasteiger partial charge is 0.137 e. The third-order valence-electron chi connectivity index (χ3n) is 3.17. The molecule has 0 amide bonds. The highest BCUT2D eigenvalue weighted by atomic mass is 16.5. The number of hydrogen-bond donors (Lipinski definition) is 1.